The molecular formula is C10H9BrN4O2S. The molecule has 1 heterocycles. The third-order valence-electron chi connectivity index (χ3n) is 2.43. The van der Waals surface area contributed by atoms with Gasteiger partial charge in [0, 0.05) is 28.7 Å². The number of non-ortho nitro benzene ring substituents is 1. The topological polar surface area (TPSA) is 76.8 Å². The fraction of sp³-hybridized carbons (Fsp3) is 0.200. The van der Waals surface area contributed by atoms with Crippen molar-refractivity contribution in [2.24, 2.45) is 0 Å². The van der Waals surface area contributed by atoms with E-state index in [1.807, 2.05) is 6.92 Å². The Kier molecular flexibility index (Phi) is 3.58. The lowest BCUT2D eigenvalue weighted by atomic mass is 10.2. The number of hydrogen-bond donors (Lipinski definition) is 1. The summed E-state index contributed by atoms with van der Waals surface area (Å²) in [6.07, 6.45) is 0. The first-order valence-electron chi connectivity index (χ1n) is 5.13. The molecule has 0 aliphatic carbocycles. The smallest absolute Gasteiger partial charge is 0.271 e. The minimum Gasteiger partial charge on any atom is -0.300 e. The molecular weight excluding hydrogens is 320 g/mol. The second kappa shape index (κ2) is 4.99. The zero-order valence-corrected chi connectivity index (χ0v) is 11.8. The maximum absolute atomic E-state index is 10.8. The molecule has 0 aliphatic heterocycles. The molecule has 0 saturated carbocycles. The van der Waals surface area contributed by atoms with E-state index in [1.165, 1.54) is 12.1 Å². The zero-order chi connectivity index (χ0) is 13.3. The Morgan fingerprint density at radius 2 is 2.28 bits per heavy atom. The summed E-state index contributed by atoms with van der Waals surface area (Å²) in [6, 6.07) is 4.69. The number of nitro benzene ring substituents is 1. The van der Waals surface area contributed by atoms with Crippen molar-refractivity contribution in [2.45, 2.75) is 13.5 Å². The van der Waals surface area contributed by atoms with E-state index in [4.69, 9.17) is 12.2 Å². The molecule has 18 heavy (non-hydrogen) atoms. The molecule has 1 aromatic heterocycles. The number of aromatic nitrogens is 3. The van der Waals surface area contributed by atoms with Crippen LogP contribution in [0, 0.1) is 14.9 Å². The van der Waals surface area contributed by atoms with Crippen LogP contribution in [0.1, 0.15) is 6.92 Å². The second-order valence-corrected chi connectivity index (χ2v) is 4.85. The third kappa shape index (κ3) is 2.34. The van der Waals surface area contributed by atoms with Gasteiger partial charge in [0.15, 0.2) is 10.6 Å². The number of nitro groups is 1. The zero-order valence-electron chi connectivity index (χ0n) is 9.38. The van der Waals surface area contributed by atoms with Crippen LogP contribution in [-0.2, 0) is 6.54 Å². The number of benzene rings is 1. The van der Waals surface area contributed by atoms with Crippen molar-refractivity contribution >= 4 is 33.8 Å². The van der Waals surface area contributed by atoms with E-state index in [-0.39, 0.29) is 5.69 Å². The average Bonchev–Trinajstić information content (AvgIpc) is 2.69. The summed E-state index contributed by atoms with van der Waals surface area (Å²) in [5.74, 6) is 0.590. The summed E-state index contributed by atoms with van der Waals surface area (Å²) in [4.78, 5) is 10.4. The van der Waals surface area contributed by atoms with Crippen molar-refractivity contribution < 1.29 is 4.92 Å². The number of halogens is 1. The number of aromatic amines is 1. The highest BCUT2D eigenvalue weighted by Crippen LogP contribution is 2.27. The van der Waals surface area contributed by atoms with Crippen LogP contribution in [0.25, 0.3) is 11.4 Å². The Morgan fingerprint density at radius 1 is 1.56 bits per heavy atom. The largest absolute Gasteiger partial charge is 0.300 e. The number of rotatable bonds is 3. The molecule has 1 aromatic carbocycles. The van der Waals surface area contributed by atoms with Crippen LogP contribution in [0.15, 0.2) is 22.7 Å². The van der Waals surface area contributed by atoms with Gasteiger partial charge in [0.05, 0.1) is 4.92 Å². The summed E-state index contributed by atoms with van der Waals surface area (Å²) in [5.41, 5.74) is 0.654. The minimum absolute atomic E-state index is 0.0101. The number of nitrogens with one attached hydrogen (secondary N) is 1. The van der Waals surface area contributed by atoms with Gasteiger partial charge in [-0.05, 0) is 25.2 Å². The SMILES string of the molecule is CCn1c(-c2cc(Br)cc([N+](=O)[O-])c2)n[nH]c1=S. The van der Waals surface area contributed by atoms with Gasteiger partial charge >= 0.3 is 0 Å². The summed E-state index contributed by atoms with van der Waals surface area (Å²) >= 11 is 8.34. The fourth-order valence-corrected chi connectivity index (χ4v) is 2.38. The Bertz CT molecular complexity index is 664. The third-order valence-corrected chi connectivity index (χ3v) is 3.20. The lowest BCUT2D eigenvalue weighted by Gasteiger charge is -2.04. The summed E-state index contributed by atoms with van der Waals surface area (Å²) in [6.45, 7) is 2.58. The maximum atomic E-state index is 10.8. The number of hydrogen-bond acceptors (Lipinski definition) is 4. The Balaban J connectivity index is 2.63. The van der Waals surface area contributed by atoms with Crippen molar-refractivity contribution in [3.63, 3.8) is 0 Å². The lowest BCUT2D eigenvalue weighted by Crippen LogP contribution is -1.98. The van der Waals surface area contributed by atoms with E-state index in [9.17, 15) is 10.1 Å². The van der Waals surface area contributed by atoms with Gasteiger partial charge in [-0.3, -0.25) is 15.2 Å². The summed E-state index contributed by atoms with van der Waals surface area (Å²) in [7, 11) is 0. The van der Waals surface area contributed by atoms with Crippen molar-refractivity contribution in [2.75, 3.05) is 0 Å². The van der Waals surface area contributed by atoms with Gasteiger partial charge < -0.3 is 4.57 Å². The van der Waals surface area contributed by atoms with Gasteiger partial charge in [-0.2, -0.15) is 5.10 Å². The summed E-state index contributed by atoms with van der Waals surface area (Å²) < 4.78 is 2.90. The Hall–Kier alpha value is -1.54. The fourth-order valence-electron chi connectivity index (χ4n) is 1.64. The number of H-pyrrole nitrogens is 1. The molecule has 0 bridgehead atoms. The molecule has 0 spiro atoms. The van der Waals surface area contributed by atoms with Gasteiger partial charge in [-0.15, -0.1) is 0 Å². The Morgan fingerprint density at radius 3 is 2.89 bits per heavy atom. The van der Waals surface area contributed by atoms with Crippen LogP contribution >= 0.6 is 28.1 Å². The molecule has 0 amide bonds. The van der Waals surface area contributed by atoms with Crippen LogP contribution in [0.3, 0.4) is 0 Å². The van der Waals surface area contributed by atoms with Crippen molar-refractivity contribution in [1.82, 2.24) is 14.8 Å². The van der Waals surface area contributed by atoms with E-state index in [2.05, 4.69) is 26.1 Å². The van der Waals surface area contributed by atoms with Crippen LogP contribution in [-0.4, -0.2) is 19.7 Å². The molecule has 0 radical (unpaired) electrons. The standard InChI is InChI=1S/C10H9BrN4O2S/c1-2-14-9(12-13-10(14)18)6-3-7(11)5-8(4-6)15(16)17/h3-5H,2H2,1H3,(H,13,18). The van der Waals surface area contributed by atoms with Crippen LogP contribution < -0.4 is 0 Å². The highest BCUT2D eigenvalue weighted by Gasteiger charge is 2.14. The molecule has 0 unspecified atom stereocenters. The minimum atomic E-state index is -0.439. The highest BCUT2D eigenvalue weighted by atomic mass is 79.9. The predicted octanol–water partition coefficient (Wildman–Crippen LogP) is 3.30. The van der Waals surface area contributed by atoms with E-state index in [0.29, 0.717) is 27.2 Å². The first-order chi connectivity index (χ1) is 8.52. The molecule has 94 valence electrons. The van der Waals surface area contributed by atoms with E-state index in [1.54, 1.807) is 10.6 Å². The molecule has 0 aliphatic rings. The molecule has 1 N–H and O–H groups in total. The first-order valence-corrected chi connectivity index (χ1v) is 6.33. The van der Waals surface area contributed by atoms with Crippen molar-refractivity contribution in [1.29, 1.82) is 0 Å². The molecule has 0 atom stereocenters. The van der Waals surface area contributed by atoms with Crippen molar-refractivity contribution in [3.8, 4) is 11.4 Å². The summed E-state index contributed by atoms with van der Waals surface area (Å²) in [5, 5.41) is 17.6. The van der Waals surface area contributed by atoms with Crippen LogP contribution in [0.2, 0.25) is 0 Å². The monoisotopic (exact) mass is 328 g/mol. The number of nitrogens with zero attached hydrogens (tertiary/aromatic N) is 3. The van der Waals surface area contributed by atoms with Crippen molar-refractivity contribution in [3.05, 3.63) is 37.6 Å². The first kappa shape index (κ1) is 12.9. The normalized spacial score (nSPS) is 10.6. The van der Waals surface area contributed by atoms with Gasteiger partial charge in [-0.1, -0.05) is 15.9 Å². The van der Waals surface area contributed by atoms with Gasteiger partial charge in [-0.25, -0.2) is 0 Å². The molecule has 2 rings (SSSR count). The molecule has 0 saturated heterocycles. The molecule has 2 aromatic rings. The van der Waals surface area contributed by atoms with Crippen LogP contribution in [0.5, 0.6) is 0 Å². The van der Waals surface area contributed by atoms with E-state index < -0.39 is 4.92 Å². The predicted molar refractivity (Wildman–Crippen MR) is 72.9 cm³/mol. The second-order valence-electron chi connectivity index (χ2n) is 3.55. The Labute approximate surface area is 116 Å². The van der Waals surface area contributed by atoms with Crippen LogP contribution in [0.4, 0.5) is 5.69 Å². The van der Waals surface area contributed by atoms with Gasteiger partial charge in [0.2, 0.25) is 0 Å². The molecule has 8 heteroatoms. The quantitative estimate of drug-likeness (QED) is 0.532. The average molecular weight is 329 g/mol. The van der Waals surface area contributed by atoms with Gasteiger partial charge in [0.1, 0.15) is 0 Å². The highest BCUT2D eigenvalue weighted by molar-refractivity contribution is 9.10. The van der Waals surface area contributed by atoms with E-state index >= 15 is 0 Å². The van der Waals surface area contributed by atoms with E-state index in [0.717, 1.165) is 0 Å². The maximum Gasteiger partial charge on any atom is 0.271 e. The molecule has 0 fully saturated rings. The lowest BCUT2D eigenvalue weighted by molar-refractivity contribution is -0.384. The molecule has 6 nitrogen and oxygen atoms in total. The van der Waals surface area contributed by atoms with Gasteiger partial charge in [0.25, 0.3) is 5.69 Å².